The maximum absolute atomic E-state index is 10.0. The van der Waals surface area contributed by atoms with Crippen molar-refractivity contribution in [2.75, 3.05) is 0 Å². The monoisotopic (exact) mass is 411 g/mol. The molecule has 1 N–H and O–H groups in total. The Kier molecular flexibility index (Phi) is 12.0. The van der Waals surface area contributed by atoms with Crippen LogP contribution < -0.4 is 0 Å². The zero-order chi connectivity index (χ0) is 12.4. The maximum Gasteiger partial charge on any atom is 0.155 e. The third-order valence-corrected chi connectivity index (χ3v) is 1.39. The summed E-state index contributed by atoms with van der Waals surface area (Å²) in [5.74, 6) is -0.0625. The van der Waals surface area contributed by atoms with E-state index in [1.807, 2.05) is 31.2 Å². The van der Waals surface area contributed by atoms with Crippen molar-refractivity contribution >= 4 is 11.9 Å². The summed E-state index contributed by atoms with van der Waals surface area (Å²) < 4.78 is 0. The van der Waals surface area contributed by atoms with Gasteiger partial charge in [0.05, 0.1) is 5.76 Å². The SMILES string of the molecule is CC(=O)C=C(C)O.C[C-]=Cc1ccccn1.[Ir]. The van der Waals surface area contributed by atoms with E-state index in [0.717, 1.165) is 5.69 Å². The van der Waals surface area contributed by atoms with E-state index in [0.29, 0.717) is 0 Å². The molecular weight excluding hydrogens is 394 g/mol. The third kappa shape index (κ3) is 12.7. The van der Waals surface area contributed by atoms with Crippen LogP contribution in [0.4, 0.5) is 0 Å². The topological polar surface area (TPSA) is 50.2 Å². The molecule has 1 heterocycles. The van der Waals surface area contributed by atoms with Crippen molar-refractivity contribution in [2.24, 2.45) is 0 Å². The number of hydrogen-bond donors (Lipinski definition) is 1. The molecule has 4 heteroatoms. The van der Waals surface area contributed by atoms with Gasteiger partial charge in [-0.05, 0) is 19.9 Å². The summed E-state index contributed by atoms with van der Waals surface area (Å²) >= 11 is 0. The normalized spacial score (nSPS) is 10.2. The van der Waals surface area contributed by atoms with Crippen LogP contribution in [0.2, 0.25) is 0 Å². The summed E-state index contributed by atoms with van der Waals surface area (Å²) in [6.45, 7) is 4.70. The van der Waals surface area contributed by atoms with Gasteiger partial charge in [0.1, 0.15) is 0 Å². The minimum absolute atomic E-state index is 0. The molecule has 1 rings (SSSR count). The molecule has 0 unspecified atom stereocenters. The number of rotatable bonds is 2. The number of allylic oxidation sites excluding steroid dienone is 3. The minimum Gasteiger partial charge on any atom is -0.512 e. The molecule has 0 spiro atoms. The second-order valence-electron chi connectivity index (χ2n) is 3.08. The number of pyridine rings is 1. The van der Waals surface area contributed by atoms with E-state index in [1.165, 1.54) is 19.9 Å². The first kappa shape index (κ1) is 18.1. The molecule has 1 radical (unpaired) electrons. The number of aromatic nitrogens is 1. The maximum atomic E-state index is 10.0. The first-order valence-corrected chi connectivity index (χ1v) is 4.85. The second-order valence-corrected chi connectivity index (χ2v) is 3.08. The van der Waals surface area contributed by atoms with Crippen LogP contribution in [0.25, 0.3) is 6.08 Å². The summed E-state index contributed by atoms with van der Waals surface area (Å²) in [7, 11) is 0. The van der Waals surface area contributed by atoms with Gasteiger partial charge in [-0.15, -0.1) is 13.0 Å². The van der Waals surface area contributed by atoms with E-state index in [9.17, 15) is 4.79 Å². The van der Waals surface area contributed by atoms with Gasteiger partial charge in [-0.3, -0.25) is 10.9 Å². The zero-order valence-corrected chi connectivity index (χ0v) is 12.5. The average molecular weight is 410 g/mol. The first-order chi connectivity index (χ1) is 7.56. The Morgan fingerprint density at radius 1 is 1.41 bits per heavy atom. The quantitative estimate of drug-likeness (QED) is 0.463. The second kappa shape index (κ2) is 11.2. The summed E-state index contributed by atoms with van der Waals surface area (Å²) in [4.78, 5) is 14.1. The Balaban J connectivity index is 0. The number of carbonyl (C=O) groups excluding carboxylic acids is 1. The van der Waals surface area contributed by atoms with Crippen LogP contribution in [-0.2, 0) is 24.9 Å². The molecule has 0 aliphatic rings. The number of nitrogens with zero attached hydrogens (tertiary/aromatic N) is 1. The van der Waals surface area contributed by atoms with Crippen molar-refractivity contribution < 1.29 is 30.0 Å². The van der Waals surface area contributed by atoms with Crippen molar-refractivity contribution in [3.63, 3.8) is 0 Å². The van der Waals surface area contributed by atoms with Gasteiger partial charge in [0.2, 0.25) is 0 Å². The summed E-state index contributed by atoms with van der Waals surface area (Å²) in [6, 6.07) is 5.79. The van der Waals surface area contributed by atoms with Crippen LogP contribution >= 0.6 is 0 Å². The van der Waals surface area contributed by atoms with E-state index >= 15 is 0 Å². The molecule has 0 fully saturated rings. The predicted octanol–water partition coefficient (Wildman–Crippen LogP) is 2.95. The van der Waals surface area contributed by atoms with E-state index in [4.69, 9.17) is 5.11 Å². The zero-order valence-electron chi connectivity index (χ0n) is 10.1. The van der Waals surface area contributed by atoms with Crippen molar-refractivity contribution in [3.05, 3.63) is 48.0 Å². The fraction of sp³-hybridized carbons (Fsp3) is 0.231. The molecule has 0 saturated carbocycles. The minimum atomic E-state index is -0.125. The molecule has 0 aliphatic carbocycles. The molecule has 0 amide bonds. The molecule has 0 aromatic carbocycles. The Morgan fingerprint density at radius 2 is 2.06 bits per heavy atom. The Bertz CT molecular complexity index is 368. The van der Waals surface area contributed by atoms with Crippen LogP contribution in [0, 0.1) is 6.08 Å². The van der Waals surface area contributed by atoms with Gasteiger partial charge in [0.15, 0.2) is 5.78 Å². The van der Waals surface area contributed by atoms with Crippen LogP contribution in [0.5, 0.6) is 0 Å². The third-order valence-electron chi connectivity index (χ3n) is 1.39. The number of aliphatic hydroxyl groups excluding tert-OH is 1. The smallest absolute Gasteiger partial charge is 0.155 e. The number of ketones is 1. The number of hydrogen-bond acceptors (Lipinski definition) is 3. The average Bonchev–Trinajstić information content (AvgIpc) is 2.18. The van der Waals surface area contributed by atoms with E-state index in [1.54, 1.807) is 6.20 Å². The van der Waals surface area contributed by atoms with Crippen molar-refractivity contribution in [1.82, 2.24) is 4.98 Å². The van der Waals surface area contributed by atoms with Crippen LogP contribution in [-0.4, -0.2) is 15.9 Å². The number of carbonyl (C=O) groups is 1. The molecule has 0 aliphatic heterocycles. The van der Waals surface area contributed by atoms with E-state index in [-0.39, 0.29) is 31.6 Å². The molecule has 17 heavy (non-hydrogen) atoms. The van der Waals surface area contributed by atoms with Gasteiger partial charge in [0.25, 0.3) is 0 Å². The van der Waals surface area contributed by atoms with Gasteiger partial charge in [-0.25, -0.2) is 6.08 Å². The predicted molar refractivity (Wildman–Crippen MR) is 64.7 cm³/mol. The molecule has 1 aromatic rings. The molecule has 95 valence electrons. The molecule has 0 saturated heterocycles. The summed E-state index contributed by atoms with van der Waals surface area (Å²) in [5.41, 5.74) is 0.958. The van der Waals surface area contributed by atoms with Gasteiger partial charge in [-0.1, -0.05) is 11.8 Å². The Labute approximate surface area is 116 Å². The summed E-state index contributed by atoms with van der Waals surface area (Å²) in [6.07, 6.45) is 7.68. The van der Waals surface area contributed by atoms with Crippen LogP contribution in [0.3, 0.4) is 0 Å². The standard InChI is InChI=1S/C8H8N.C5H8O2.Ir/c1-2-5-8-6-3-4-7-9-8;1-4(6)3-5(2)7;/h3-7H,1H3;3,6H,1-2H3;/q-1;;. The van der Waals surface area contributed by atoms with Crippen molar-refractivity contribution in [2.45, 2.75) is 20.8 Å². The van der Waals surface area contributed by atoms with Gasteiger partial charge in [0, 0.05) is 32.4 Å². The molecule has 0 atom stereocenters. The fourth-order valence-corrected chi connectivity index (χ4v) is 0.903. The van der Waals surface area contributed by atoms with Crippen LogP contribution in [0.1, 0.15) is 26.5 Å². The molecular formula is C13H16IrNO2-. The van der Waals surface area contributed by atoms with E-state index in [2.05, 4.69) is 11.1 Å². The number of aliphatic hydroxyl groups is 1. The molecule has 0 bridgehead atoms. The van der Waals surface area contributed by atoms with Crippen LogP contribution in [0.15, 0.2) is 36.2 Å². The molecule has 1 aromatic heterocycles. The first-order valence-electron chi connectivity index (χ1n) is 4.85. The largest absolute Gasteiger partial charge is 0.512 e. The fourth-order valence-electron chi connectivity index (χ4n) is 0.903. The summed E-state index contributed by atoms with van der Waals surface area (Å²) in [5, 5.41) is 8.36. The van der Waals surface area contributed by atoms with Gasteiger partial charge in [-0.2, -0.15) is 0 Å². The molecule has 3 nitrogen and oxygen atoms in total. The van der Waals surface area contributed by atoms with Crippen molar-refractivity contribution in [1.29, 1.82) is 0 Å². The Morgan fingerprint density at radius 3 is 2.35 bits per heavy atom. The van der Waals surface area contributed by atoms with Crippen molar-refractivity contribution in [3.8, 4) is 0 Å². The van der Waals surface area contributed by atoms with E-state index < -0.39 is 0 Å². The van der Waals surface area contributed by atoms with Gasteiger partial charge < -0.3 is 10.1 Å². The van der Waals surface area contributed by atoms with Gasteiger partial charge >= 0.3 is 0 Å². The Hall–Kier alpha value is -1.25.